The largest absolute Gasteiger partial charge is 0.457 e. The van der Waals surface area contributed by atoms with E-state index in [1.165, 1.54) is 46.7 Å². The lowest BCUT2D eigenvalue weighted by atomic mass is 10.1. The van der Waals surface area contributed by atoms with Crippen LogP contribution in [0.5, 0.6) is 0 Å². The van der Waals surface area contributed by atoms with Crippen molar-refractivity contribution in [2.45, 2.75) is 5.75 Å². The molecule has 0 bridgehead atoms. The Kier molecular flexibility index (Phi) is 5.86. The summed E-state index contributed by atoms with van der Waals surface area (Å²) < 4.78 is 6.49. The molecule has 0 radical (unpaired) electrons. The van der Waals surface area contributed by atoms with Crippen LogP contribution in [0.25, 0.3) is 17.4 Å². The average Bonchev–Trinajstić information content (AvgIpc) is 3.48. The second kappa shape index (κ2) is 9.12. The number of nitro benzene ring substituents is 1. The summed E-state index contributed by atoms with van der Waals surface area (Å²) in [5.74, 6) is 0.938. The number of fused-ring (bicyclic) bond motifs is 1. The number of hydrazone groups is 1. The van der Waals surface area contributed by atoms with Crippen molar-refractivity contribution in [3.8, 4) is 11.3 Å². The molecule has 1 aromatic heterocycles. The summed E-state index contributed by atoms with van der Waals surface area (Å²) in [5, 5.41) is 25.5. The van der Waals surface area contributed by atoms with Crippen LogP contribution in [0.3, 0.4) is 0 Å². The second-order valence-corrected chi connectivity index (χ2v) is 9.34. The molecule has 1 N–H and O–H groups in total. The molecule has 0 saturated carbocycles. The Morgan fingerprint density at radius 1 is 1.12 bits per heavy atom. The third-order valence-electron chi connectivity index (χ3n) is 4.92. The average molecular weight is 490 g/mol. The van der Waals surface area contributed by atoms with Crippen LogP contribution in [0.15, 0.2) is 86.8 Å². The Bertz CT molecular complexity index is 1390. The normalized spacial score (nSPS) is 16.5. The predicted molar refractivity (Wildman–Crippen MR) is 134 cm³/mol. The molecule has 0 atom stereocenters. The Morgan fingerprint density at radius 2 is 1.88 bits per heavy atom. The van der Waals surface area contributed by atoms with Crippen molar-refractivity contribution >= 4 is 56.6 Å². The van der Waals surface area contributed by atoms with Crippen molar-refractivity contribution < 1.29 is 14.1 Å². The molecule has 3 aromatic rings. The minimum atomic E-state index is -0.540. The highest BCUT2D eigenvalue weighted by atomic mass is 32.2. The van der Waals surface area contributed by atoms with Gasteiger partial charge in [-0.25, -0.2) is 0 Å². The smallest absolute Gasteiger partial charge is 0.283 e. The molecule has 0 aliphatic carbocycles. The van der Waals surface area contributed by atoms with Crippen molar-refractivity contribution in [1.29, 1.82) is 5.41 Å². The molecule has 2 aliphatic rings. The summed E-state index contributed by atoms with van der Waals surface area (Å²) in [7, 11) is 0. The van der Waals surface area contributed by atoms with Crippen molar-refractivity contribution in [3.05, 3.63) is 93.7 Å². The van der Waals surface area contributed by atoms with Gasteiger partial charge in [-0.1, -0.05) is 42.1 Å². The van der Waals surface area contributed by atoms with E-state index in [9.17, 15) is 14.9 Å². The maximum absolute atomic E-state index is 12.6. The zero-order valence-corrected chi connectivity index (χ0v) is 19.0. The molecule has 11 heteroatoms. The topological polar surface area (TPSA) is 125 Å². The fourth-order valence-corrected chi connectivity index (χ4v) is 5.11. The van der Waals surface area contributed by atoms with Gasteiger partial charge in [-0.2, -0.15) is 10.0 Å². The lowest BCUT2D eigenvalue weighted by Crippen LogP contribution is -2.35. The SMILES string of the molecule is N=C1C(=Cc2ccc(-c3ccc([N+](=O)[O-])cc3)o2)C(=O)N=C2SC(SCc3ccccc3)=NN12. The van der Waals surface area contributed by atoms with Gasteiger partial charge in [-0.05, 0) is 47.7 Å². The lowest BCUT2D eigenvalue weighted by molar-refractivity contribution is -0.384. The van der Waals surface area contributed by atoms with Gasteiger partial charge in [0.25, 0.3) is 11.6 Å². The molecule has 0 unspecified atom stereocenters. The summed E-state index contributed by atoms with van der Waals surface area (Å²) in [6, 6.07) is 19.3. The van der Waals surface area contributed by atoms with E-state index in [1.54, 1.807) is 24.3 Å². The first-order valence-corrected chi connectivity index (χ1v) is 11.8. The fraction of sp³-hybridized carbons (Fsp3) is 0.0435. The van der Waals surface area contributed by atoms with Gasteiger partial charge in [0.05, 0.1) is 10.5 Å². The number of carbonyl (C=O) groups excluding carboxylic acids is 1. The third kappa shape index (κ3) is 4.43. The summed E-state index contributed by atoms with van der Waals surface area (Å²) in [6.45, 7) is 0. The molecule has 5 rings (SSSR count). The summed E-state index contributed by atoms with van der Waals surface area (Å²) in [6.07, 6.45) is 1.45. The predicted octanol–water partition coefficient (Wildman–Crippen LogP) is 5.36. The molecule has 3 heterocycles. The molecule has 2 aliphatic heterocycles. The zero-order valence-electron chi connectivity index (χ0n) is 17.4. The van der Waals surface area contributed by atoms with Crippen molar-refractivity contribution in [1.82, 2.24) is 5.01 Å². The lowest BCUT2D eigenvalue weighted by Gasteiger charge is -2.19. The van der Waals surface area contributed by atoms with Gasteiger partial charge in [0.15, 0.2) is 10.2 Å². The standard InChI is InChI=1S/C23H15N5O4S2/c24-20-18(12-17-10-11-19(32-17)15-6-8-16(9-7-15)28(30)31)21(29)25-22-27(20)26-23(34-22)33-13-14-4-2-1-3-5-14/h1-12,24H,13H2. The number of carbonyl (C=O) groups is 1. The zero-order chi connectivity index (χ0) is 23.7. The number of amides is 1. The number of nitrogens with one attached hydrogen (secondary N) is 1. The van der Waals surface area contributed by atoms with E-state index in [-0.39, 0.29) is 17.1 Å². The van der Waals surface area contributed by atoms with Crippen molar-refractivity contribution in [2.75, 3.05) is 0 Å². The number of nitro groups is 1. The first-order valence-electron chi connectivity index (χ1n) is 9.99. The van der Waals surface area contributed by atoms with Crippen LogP contribution in [0, 0.1) is 15.5 Å². The molecule has 1 amide bonds. The van der Waals surface area contributed by atoms with Crippen LogP contribution in [0.1, 0.15) is 11.3 Å². The van der Waals surface area contributed by atoms with Gasteiger partial charge in [0.1, 0.15) is 11.5 Å². The van der Waals surface area contributed by atoms with E-state index in [4.69, 9.17) is 9.83 Å². The summed E-state index contributed by atoms with van der Waals surface area (Å²) in [4.78, 5) is 27.1. The molecule has 0 spiro atoms. The number of hydrogen-bond donors (Lipinski definition) is 1. The molecule has 9 nitrogen and oxygen atoms in total. The van der Waals surface area contributed by atoms with Crippen molar-refractivity contribution in [2.24, 2.45) is 10.1 Å². The third-order valence-corrected chi connectivity index (χ3v) is 7.03. The number of nitrogens with zero attached hydrogens (tertiary/aromatic N) is 4. The number of furan rings is 1. The number of rotatable bonds is 5. The number of aliphatic imine (C=N–C) groups is 1. The molecular formula is C23H15N5O4S2. The van der Waals surface area contributed by atoms with Gasteiger partial charge in [0, 0.05) is 23.4 Å². The monoisotopic (exact) mass is 489 g/mol. The first-order chi connectivity index (χ1) is 16.5. The number of amidine groups is 2. The molecule has 34 heavy (non-hydrogen) atoms. The fourth-order valence-electron chi connectivity index (χ4n) is 3.23. The highest BCUT2D eigenvalue weighted by Crippen LogP contribution is 2.34. The van der Waals surface area contributed by atoms with Gasteiger partial charge in [-0.15, -0.1) is 5.10 Å². The van der Waals surface area contributed by atoms with Gasteiger partial charge in [-0.3, -0.25) is 20.3 Å². The van der Waals surface area contributed by atoms with Gasteiger partial charge in [0.2, 0.25) is 5.17 Å². The maximum Gasteiger partial charge on any atom is 0.283 e. The van der Waals surface area contributed by atoms with E-state index in [1.807, 2.05) is 30.3 Å². The number of benzene rings is 2. The van der Waals surface area contributed by atoms with Crippen LogP contribution in [-0.4, -0.2) is 31.2 Å². The number of thioether (sulfide) groups is 2. The maximum atomic E-state index is 12.6. The summed E-state index contributed by atoms with van der Waals surface area (Å²) >= 11 is 2.78. The molecule has 0 saturated heterocycles. The summed E-state index contributed by atoms with van der Waals surface area (Å²) in [5.41, 5.74) is 1.85. The van der Waals surface area contributed by atoms with Gasteiger partial charge >= 0.3 is 0 Å². The van der Waals surface area contributed by atoms with Crippen LogP contribution in [0.4, 0.5) is 5.69 Å². The Hall–Kier alpha value is -3.96. The molecule has 0 fully saturated rings. The Balaban J connectivity index is 1.33. The molecule has 2 aromatic carbocycles. The van der Waals surface area contributed by atoms with Crippen LogP contribution < -0.4 is 0 Å². The first kappa shape index (κ1) is 21.9. The Morgan fingerprint density at radius 3 is 2.62 bits per heavy atom. The molecular weight excluding hydrogens is 474 g/mol. The quantitative estimate of drug-likeness (QED) is 0.290. The second-order valence-electron chi connectivity index (χ2n) is 7.17. The number of non-ortho nitro benzene ring substituents is 1. The van der Waals surface area contributed by atoms with E-state index in [0.717, 1.165) is 11.3 Å². The Labute approximate surface area is 201 Å². The van der Waals surface area contributed by atoms with Crippen molar-refractivity contribution in [3.63, 3.8) is 0 Å². The minimum Gasteiger partial charge on any atom is -0.457 e. The molecule has 168 valence electrons. The number of hydrogen-bond acceptors (Lipinski definition) is 8. The van der Waals surface area contributed by atoms with Crippen LogP contribution in [0.2, 0.25) is 0 Å². The highest BCUT2D eigenvalue weighted by Gasteiger charge is 2.36. The van der Waals surface area contributed by atoms with E-state index >= 15 is 0 Å². The van der Waals surface area contributed by atoms with E-state index in [2.05, 4.69) is 10.1 Å². The van der Waals surface area contributed by atoms with Crippen LogP contribution in [-0.2, 0) is 10.5 Å². The van der Waals surface area contributed by atoms with Crippen LogP contribution >= 0.6 is 23.5 Å². The minimum absolute atomic E-state index is 0.0158. The van der Waals surface area contributed by atoms with E-state index < -0.39 is 10.8 Å². The van der Waals surface area contributed by atoms with Gasteiger partial charge < -0.3 is 4.42 Å². The van der Waals surface area contributed by atoms with E-state index in [0.29, 0.717) is 26.6 Å². The highest BCUT2D eigenvalue weighted by molar-refractivity contribution is 8.45.